The molecule has 1 aliphatic rings. The van der Waals surface area contributed by atoms with Crippen molar-refractivity contribution in [3.05, 3.63) is 90.6 Å². The summed E-state index contributed by atoms with van der Waals surface area (Å²) >= 11 is 0. The second kappa shape index (κ2) is 8.40. The first-order valence-electron chi connectivity index (χ1n) is 11.3. The molecule has 6 rings (SSSR count). The topological polar surface area (TPSA) is 80.0 Å². The van der Waals surface area contributed by atoms with Gasteiger partial charge in [0.2, 0.25) is 0 Å². The van der Waals surface area contributed by atoms with E-state index < -0.39 is 17.8 Å². The molecular weight excluding hydrogens is 483 g/mol. The molecule has 2 amide bonds. The number of amides is 2. The Morgan fingerprint density at radius 1 is 0.946 bits per heavy atom. The van der Waals surface area contributed by atoms with Gasteiger partial charge in [-0.15, -0.1) is 0 Å². The normalized spacial score (nSPS) is 13.8. The van der Waals surface area contributed by atoms with Crippen molar-refractivity contribution >= 4 is 28.4 Å². The summed E-state index contributed by atoms with van der Waals surface area (Å²) in [6.45, 7) is 0.267. The predicted octanol–water partition coefficient (Wildman–Crippen LogP) is 5.60. The Hall–Kier alpha value is -4.80. The SMILES string of the molecule is CN1Cc2cnc3cccnc3c2N(c2ccc(-c3ccc(-n4cccn4)nc3)c(C(F)(F)F)c2)C1=O. The molecule has 0 radical (unpaired) electrons. The number of urea groups is 1. The fourth-order valence-electron chi connectivity index (χ4n) is 4.48. The summed E-state index contributed by atoms with van der Waals surface area (Å²) in [4.78, 5) is 29.0. The van der Waals surface area contributed by atoms with Crippen molar-refractivity contribution in [3.63, 3.8) is 0 Å². The maximum Gasteiger partial charge on any atom is 0.417 e. The molecule has 0 bridgehead atoms. The standard InChI is InChI=1S/C26H18F3N7O/c1-34-15-17-14-31-21-4-2-9-30-23(21)24(17)36(25(34)37)18-6-7-19(20(12-18)26(27,28)29)16-5-8-22(32-13-16)35-11-3-10-33-35/h2-14H,15H2,1H3. The lowest BCUT2D eigenvalue weighted by molar-refractivity contribution is -0.137. The van der Waals surface area contributed by atoms with Crippen LogP contribution in [0.1, 0.15) is 11.1 Å². The van der Waals surface area contributed by atoms with E-state index in [2.05, 4.69) is 20.1 Å². The third kappa shape index (κ3) is 3.84. The van der Waals surface area contributed by atoms with Gasteiger partial charge in [0.25, 0.3) is 0 Å². The largest absolute Gasteiger partial charge is 0.417 e. The van der Waals surface area contributed by atoms with Crippen LogP contribution in [0.2, 0.25) is 0 Å². The number of pyridine rings is 3. The second-order valence-corrected chi connectivity index (χ2v) is 8.56. The summed E-state index contributed by atoms with van der Waals surface area (Å²) in [5.41, 5.74) is 1.53. The van der Waals surface area contributed by atoms with Gasteiger partial charge in [0.15, 0.2) is 5.82 Å². The number of carbonyl (C=O) groups excluding carboxylic acids is 1. The van der Waals surface area contributed by atoms with Gasteiger partial charge in [0.1, 0.15) is 5.52 Å². The van der Waals surface area contributed by atoms with Gasteiger partial charge in [-0.05, 0) is 48.0 Å². The van der Waals surface area contributed by atoms with Crippen LogP contribution in [0.15, 0.2) is 79.5 Å². The van der Waals surface area contributed by atoms with Gasteiger partial charge >= 0.3 is 12.2 Å². The van der Waals surface area contributed by atoms with Crippen LogP contribution in [-0.2, 0) is 12.7 Å². The molecular formula is C26H18F3N7O. The van der Waals surface area contributed by atoms with Crippen LogP contribution in [-0.4, -0.2) is 42.7 Å². The number of hydrogen-bond acceptors (Lipinski definition) is 5. The third-order valence-corrected chi connectivity index (χ3v) is 6.19. The molecule has 8 nitrogen and oxygen atoms in total. The number of aromatic nitrogens is 5. The van der Waals surface area contributed by atoms with Crippen LogP contribution in [0, 0.1) is 0 Å². The van der Waals surface area contributed by atoms with Gasteiger partial charge in [0.05, 0.1) is 29.0 Å². The molecule has 0 unspecified atom stereocenters. The Bertz CT molecular complexity index is 1630. The number of nitrogens with zero attached hydrogens (tertiary/aromatic N) is 7. The average Bonchev–Trinajstić information content (AvgIpc) is 3.44. The average molecular weight is 501 g/mol. The van der Waals surface area contributed by atoms with E-state index in [1.165, 1.54) is 32.8 Å². The number of carbonyl (C=O) groups is 1. The van der Waals surface area contributed by atoms with Crippen molar-refractivity contribution in [2.24, 2.45) is 0 Å². The van der Waals surface area contributed by atoms with E-state index in [1.807, 2.05) is 0 Å². The van der Waals surface area contributed by atoms with Crippen LogP contribution in [0.25, 0.3) is 28.0 Å². The number of anilines is 2. The molecule has 11 heteroatoms. The smallest absolute Gasteiger partial charge is 0.323 e. The van der Waals surface area contributed by atoms with Gasteiger partial charge < -0.3 is 4.90 Å². The highest BCUT2D eigenvalue weighted by molar-refractivity contribution is 6.08. The molecule has 4 aromatic heterocycles. The Balaban J connectivity index is 1.50. The first kappa shape index (κ1) is 22.7. The van der Waals surface area contributed by atoms with Crippen molar-refractivity contribution < 1.29 is 18.0 Å². The molecule has 1 aromatic carbocycles. The van der Waals surface area contributed by atoms with Crippen LogP contribution in [0.4, 0.5) is 29.3 Å². The van der Waals surface area contributed by atoms with Crippen LogP contribution in [0.5, 0.6) is 0 Å². The van der Waals surface area contributed by atoms with Crippen LogP contribution >= 0.6 is 0 Å². The van der Waals surface area contributed by atoms with Crippen molar-refractivity contribution in [3.8, 4) is 16.9 Å². The number of fused-ring (bicyclic) bond motifs is 3. The lowest BCUT2D eigenvalue weighted by Gasteiger charge is -2.35. The number of rotatable bonds is 3. The molecule has 184 valence electrons. The molecule has 0 fully saturated rings. The number of benzene rings is 1. The zero-order chi connectivity index (χ0) is 25.7. The van der Waals surface area contributed by atoms with E-state index in [-0.39, 0.29) is 23.4 Å². The minimum Gasteiger partial charge on any atom is -0.323 e. The summed E-state index contributed by atoms with van der Waals surface area (Å²) in [6, 6.07) is 11.7. The zero-order valence-electron chi connectivity index (χ0n) is 19.4. The van der Waals surface area contributed by atoms with Crippen LogP contribution < -0.4 is 4.90 Å². The fourth-order valence-corrected chi connectivity index (χ4v) is 4.48. The third-order valence-electron chi connectivity index (χ3n) is 6.19. The first-order chi connectivity index (χ1) is 17.8. The summed E-state index contributed by atoms with van der Waals surface area (Å²) in [5.74, 6) is 0.477. The molecule has 0 saturated carbocycles. The van der Waals surface area contributed by atoms with Crippen molar-refractivity contribution in [2.75, 3.05) is 11.9 Å². The summed E-state index contributed by atoms with van der Waals surface area (Å²) in [7, 11) is 1.59. The first-order valence-corrected chi connectivity index (χ1v) is 11.3. The maximum absolute atomic E-state index is 14.3. The quantitative estimate of drug-likeness (QED) is 0.322. The van der Waals surface area contributed by atoms with Gasteiger partial charge in [0, 0.05) is 49.2 Å². The second-order valence-electron chi connectivity index (χ2n) is 8.56. The Morgan fingerprint density at radius 2 is 1.81 bits per heavy atom. The lowest BCUT2D eigenvalue weighted by atomic mass is 9.99. The van der Waals surface area contributed by atoms with Gasteiger partial charge in [-0.25, -0.2) is 14.5 Å². The fraction of sp³-hybridized carbons (Fsp3) is 0.115. The molecule has 0 atom stereocenters. The maximum atomic E-state index is 14.3. The van der Waals surface area contributed by atoms with Crippen molar-refractivity contribution in [1.82, 2.24) is 29.6 Å². The monoisotopic (exact) mass is 501 g/mol. The van der Waals surface area contributed by atoms with Crippen molar-refractivity contribution in [1.29, 1.82) is 0 Å². The Kier molecular flexibility index (Phi) is 5.14. The lowest BCUT2D eigenvalue weighted by Crippen LogP contribution is -2.42. The predicted molar refractivity (Wildman–Crippen MR) is 130 cm³/mol. The molecule has 0 spiro atoms. The van der Waals surface area contributed by atoms with E-state index in [1.54, 1.807) is 62.2 Å². The molecule has 37 heavy (non-hydrogen) atoms. The molecule has 5 aromatic rings. The van der Waals surface area contributed by atoms with E-state index in [0.717, 1.165) is 6.07 Å². The Morgan fingerprint density at radius 3 is 2.54 bits per heavy atom. The number of alkyl halides is 3. The molecule has 0 N–H and O–H groups in total. The van der Waals surface area contributed by atoms with E-state index in [4.69, 9.17) is 0 Å². The molecule has 5 heterocycles. The van der Waals surface area contributed by atoms with Gasteiger partial charge in [-0.3, -0.25) is 14.9 Å². The molecule has 0 saturated heterocycles. The Labute approximate surface area is 208 Å². The van der Waals surface area contributed by atoms with E-state index in [9.17, 15) is 18.0 Å². The van der Waals surface area contributed by atoms with Crippen LogP contribution in [0.3, 0.4) is 0 Å². The summed E-state index contributed by atoms with van der Waals surface area (Å²) in [5, 5.41) is 4.09. The highest BCUT2D eigenvalue weighted by Gasteiger charge is 2.37. The summed E-state index contributed by atoms with van der Waals surface area (Å²) < 4.78 is 44.5. The summed E-state index contributed by atoms with van der Waals surface area (Å²) in [6.07, 6.45) is 3.16. The van der Waals surface area contributed by atoms with Gasteiger partial charge in [-0.2, -0.15) is 18.3 Å². The van der Waals surface area contributed by atoms with Gasteiger partial charge in [-0.1, -0.05) is 6.07 Å². The molecule has 1 aliphatic heterocycles. The van der Waals surface area contributed by atoms with E-state index in [0.29, 0.717) is 28.1 Å². The molecule has 0 aliphatic carbocycles. The minimum absolute atomic E-state index is 0.0495. The highest BCUT2D eigenvalue weighted by atomic mass is 19.4. The van der Waals surface area contributed by atoms with E-state index >= 15 is 0 Å². The highest BCUT2D eigenvalue weighted by Crippen LogP contribution is 2.43. The van der Waals surface area contributed by atoms with Crippen molar-refractivity contribution in [2.45, 2.75) is 12.7 Å². The zero-order valence-corrected chi connectivity index (χ0v) is 19.4. The number of hydrogen-bond donors (Lipinski definition) is 0. The number of halogens is 3. The minimum atomic E-state index is -4.68.